The maximum absolute atomic E-state index is 12.0. The normalized spacial score (nSPS) is 23.5. The molecule has 1 rings (SSSR count). The highest BCUT2D eigenvalue weighted by Gasteiger charge is 2.46. The van der Waals surface area contributed by atoms with E-state index in [0.717, 1.165) is 4.90 Å². The molecule has 1 saturated heterocycles. The van der Waals surface area contributed by atoms with Gasteiger partial charge in [0.1, 0.15) is 12.1 Å². The third-order valence-electron chi connectivity index (χ3n) is 3.06. The van der Waals surface area contributed by atoms with Gasteiger partial charge in [-0.3, -0.25) is 14.5 Å². The number of rotatable bonds is 5. The monoisotopic (exact) mass is 255 g/mol. The average molecular weight is 255 g/mol. The molecule has 1 fully saturated rings. The van der Waals surface area contributed by atoms with Crippen molar-refractivity contribution in [2.45, 2.75) is 39.7 Å². The Morgan fingerprint density at radius 1 is 1.44 bits per heavy atom. The second kappa shape index (κ2) is 5.37. The van der Waals surface area contributed by atoms with Crippen molar-refractivity contribution < 1.29 is 14.4 Å². The topological polar surface area (TPSA) is 78.5 Å². The molecule has 6 nitrogen and oxygen atoms in total. The van der Waals surface area contributed by atoms with E-state index in [2.05, 4.69) is 10.6 Å². The molecule has 4 amide bonds. The molecule has 0 spiro atoms. The zero-order valence-corrected chi connectivity index (χ0v) is 11.4. The van der Waals surface area contributed by atoms with Crippen LogP contribution in [-0.4, -0.2) is 41.4 Å². The number of carbonyl (C=O) groups excluding carboxylic acids is 3. The van der Waals surface area contributed by atoms with Gasteiger partial charge in [0.15, 0.2) is 0 Å². The predicted molar refractivity (Wildman–Crippen MR) is 66.8 cm³/mol. The highest BCUT2D eigenvalue weighted by atomic mass is 16.2. The first-order valence-electron chi connectivity index (χ1n) is 6.21. The van der Waals surface area contributed by atoms with Crippen molar-refractivity contribution in [2.75, 3.05) is 13.1 Å². The largest absolute Gasteiger partial charge is 0.354 e. The van der Waals surface area contributed by atoms with E-state index in [0.29, 0.717) is 18.9 Å². The van der Waals surface area contributed by atoms with Crippen molar-refractivity contribution in [2.24, 2.45) is 5.92 Å². The van der Waals surface area contributed by atoms with Crippen LogP contribution in [-0.2, 0) is 9.59 Å². The van der Waals surface area contributed by atoms with Crippen LogP contribution in [0.2, 0.25) is 0 Å². The molecule has 0 radical (unpaired) electrons. The van der Waals surface area contributed by atoms with Crippen LogP contribution in [0.3, 0.4) is 0 Å². The molecular weight excluding hydrogens is 234 g/mol. The Kier molecular flexibility index (Phi) is 4.32. The molecule has 0 bridgehead atoms. The summed E-state index contributed by atoms with van der Waals surface area (Å²) in [4.78, 5) is 36.2. The van der Waals surface area contributed by atoms with Gasteiger partial charge in [0, 0.05) is 6.54 Å². The fraction of sp³-hybridized carbons (Fsp3) is 0.750. The molecule has 102 valence electrons. The molecule has 1 heterocycles. The van der Waals surface area contributed by atoms with Gasteiger partial charge in [-0.2, -0.15) is 0 Å². The van der Waals surface area contributed by atoms with Gasteiger partial charge in [-0.05, 0) is 19.3 Å². The first-order chi connectivity index (χ1) is 8.30. The maximum Gasteiger partial charge on any atom is 0.325 e. The van der Waals surface area contributed by atoms with Gasteiger partial charge in [0.2, 0.25) is 5.91 Å². The number of imide groups is 1. The fourth-order valence-electron chi connectivity index (χ4n) is 1.65. The van der Waals surface area contributed by atoms with Crippen molar-refractivity contribution in [3.05, 3.63) is 0 Å². The fourth-order valence-corrected chi connectivity index (χ4v) is 1.65. The minimum atomic E-state index is -0.880. The molecule has 1 aliphatic rings. The van der Waals surface area contributed by atoms with Gasteiger partial charge < -0.3 is 10.6 Å². The van der Waals surface area contributed by atoms with E-state index in [-0.39, 0.29) is 18.4 Å². The van der Waals surface area contributed by atoms with E-state index >= 15 is 0 Å². The van der Waals surface area contributed by atoms with Crippen LogP contribution in [0.4, 0.5) is 4.79 Å². The van der Waals surface area contributed by atoms with E-state index in [4.69, 9.17) is 0 Å². The Hall–Kier alpha value is -1.59. The summed E-state index contributed by atoms with van der Waals surface area (Å²) in [6, 6.07) is -0.496. The lowest BCUT2D eigenvalue weighted by Crippen LogP contribution is -2.45. The lowest BCUT2D eigenvalue weighted by Gasteiger charge is -2.19. The standard InChI is InChI=1S/C12H21N3O3/c1-5-12(4)10(17)15(11(18)14-12)7-9(16)13-6-8(2)3/h8H,5-7H2,1-4H3,(H,13,16)(H,14,18). The van der Waals surface area contributed by atoms with Gasteiger partial charge in [0.25, 0.3) is 5.91 Å². The van der Waals surface area contributed by atoms with Crippen LogP contribution in [0.5, 0.6) is 0 Å². The highest BCUT2D eigenvalue weighted by molar-refractivity contribution is 6.08. The van der Waals surface area contributed by atoms with E-state index in [1.54, 1.807) is 6.92 Å². The van der Waals surface area contributed by atoms with Gasteiger partial charge in [-0.25, -0.2) is 4.79 Å². The maximum atomic E-state index is 12.0. The van der Waals surface area contributed by atoms with E-state index < -0.39 is 11.6 Å². The third kappa shape index (κ3) is 3.00. The van der Waals surface area contributed by atoms with Gasteiger partial charge in [-0.15, -0.1) is 0 Å². The number of nitrogens with one attached hydrogen (secondary N) is 2. The van der Waals surface area contributed by atoms with Gasteiger partial charge in [-0.1, -0.05) is 20.8 Å². The first kappa shape index (κ1) is 14.5. The molecule has 0 saturated carbocycles. The quantitative estimate of drug-likeness (QED) is 0.701. The first-order valence-corrected chi connectivity index (χ1v) is 6.21. The van der Waals surface area contributed by atoms with Crippen molar-refractivity contribution in [3.63, 3.8) is 0 Å². The average Bonchev–Trinajstić information content (AvgIpc) is 2.51. The van der Waals surface area contributed by atoms with E-state index in [9.17, 15) is 14.4 Å². The minimum absolute atomic E-state index is 0.215. The third-order valence-corrected chi connectivity index (χ3v) is 3.06. The van der Waals surface area contributed by atoms with E-state index in [1.165, 1.54) is 0 Å². The number of urea groups is 1. The Balaban J connectivity index is 2.60. The summed E-state index contributed by atoms with van der Waals surface area (Å²) in [5, 5.41) is 5.29. The Morgan fingerprint density at radius 3 is 2.50 bits per heavy atom. The molecule has 0 aromatic heterocycles. The van der Waals surface area contributed by atoms with E-state index in [1.807, 2.05) is 20.8 Å². The number of nitrogens with zero attached hydrogens (tertiary/aromatic N) is 1. The summed E-state index contributed by atoms with van der Waals surface area (Å²) in [6.45, 7) is 7.75. The Labute approximate surface area is 107 Å². The van der Waals surface area contributed by atoms with Gasteiger partial charge in [0.05, 0.1) is 0 Å². The Morgan fingerprint density at radius 2 is 2.06 bits per heavy atom. The summed E-state index contributed by atoms with van der Waals surface area (Å²) in [7, 11) is 0. The molecule has 18 heavy (non-hydrogen) atoms. The molecule has 6 heteroatoms. The van der Waals surface area contributed by atoms with Gasteiger partial charge >= 0.3 is 6.03 Å². The predicted octanol–water partition coefficient (Wildman–Crippen LogP) is 0.479. The summed E-state index contributed by atoms with van der Waals surface area (Å²) in [6.07, 6.45) is 0.502. The van der Waals surface area contributed by atoms with Crippen LogP contribution in [0.25, 0.3) is 0 Å². The molecular formula is C12H21N3O3. The number of hydrogen-bond acceptors (Lipinski definition) is 3. The second-order valence-electron chi connectivity index (χ2n) is 5.21. The SMILES string of the molecule is CCC1(C)NC(=O)N(CC(=O)NCC(C)C)C1=O. The number of carbonyl (C=O) groups is 3. The van der Waals surface area contributed by atoms with Crippen molar-refractivity contribution in [1.29, 1.82) is 0 Å². The van der Waals surface area contributed by atoms with Crippen molar-refractivity contribution in [1.82, 2.24) is 15.5 Å². The zero-order chi connectivity index (χ0) is 13.9. The smallest absolute Gasteiger partial charge is 0.325 e. The lowest BCUT2D eigenvalue weighted by molar-refractivity contribution is -0.134. The van der Waals surface area contributed by atoms with Crippen LogP contribution < -0.4 is 10.6 Å². The minimum Gasteiger partial charge on any atom is -0.354 e. The summed E-state index contributed by atoms with van der Waals surface area (Å²) < 4.78 is 0. The molecule has 1 atom stereocenters. The molecule has 0 aromatic carbocycles. The summed E-state index contributed by atoms with van der Waals surface area (Å²) >= 11 is 0. The summed E-state index contributed by atoms with van der Waals surface area (Å²) in [5.74, 6) is -0.319. The number of amides is 4. The summed E-state index contributed by atoms with van der Waals surface area (Å²) in [5.41, 5.74) is -0.880. The van der Waals surface area contributed by atoms with Crippen LogP contribution in [0.1, 0.15) is 34.1 Å². The van der Waals surface area contributed by atoms with Crippen molar-refractivity contribution >= 4 is 17.8 Å². The molecule has 1 unspecified atom stereocenters. The zero-order valence-electron chi connectivity index (χ0n) is 11.4. The Bertz CT molecular complexity index is 368. The lowest BCUT2D eigenvalue weighted by atomic mass is 9.99. The molecule has 0 aromatic rings. The number of hydrogen-bond donors (Lipinski definition) is 2. The molecule has 2 N–H and O–H groups in total. The van der Waals surface area contributed by atoms with Crippen LogP contribution in [0.15, 0.2) is 0 Å². The van der Waals surface area contributed by atoms with Crippen LogP contribution in [0, 0.1) is 5.92 Å². The highest BCUT2D eigenvalue weighted by Crippen LogP contribution is 2.20. The molecule has 0 aliphatic carbocycles. The molecule has 1 aliphatic heterocycles. The van der Waals surface area contributed by atoms with Crippen LogP contribution >= 0.6 is 0 Å². The van der Waals surface area contributed by atoms with Crippen molar-refractivity contribution in [3.8, 4) is 0 Å². The second-order valence-corrected chi connectivity index (χ2v) is 5.21.